The van der Waals surface area contributed by atoms with Crippen LogP contribution in [0.5, 0.6) is 0 Å². The zero-order valence-electron chi connectivity index (χ0n) is 58.9. The van der Waals surface area contributed by atoms with Crippen LogP contribution in [0.25, 0.3) is 0 Å². The SMILES string of the molecule is COC(=O)C(Cc1ccccc1)NC(=O)[C@@H]1O[C@H](CNC(=O)[C@@H]2O[C@H](CNC(=O)[C@@H]3O[C@H](CNC(=O)[C@@H]4O[C@H](CNC(=O)OC(C)(C)C)[C@@H](OS(=O)(=O)O)[C@H](OS(=O)(=O)O)[C@H]4OS(=O)(=O)O)[C@@H](OS(=O)(=O)O)[C@H](OS(=O)(=O)O)[C@H]3OS(=O)(=O)O)[C@@H](OS(=O)(=O)O)[C@H](OS(=O)(=O)O)[C@H]2OS(=O)(=O)O)[C@@H](OS(=O)(=O)O)[C@H](OS(=O)(=O)O)[C@H]1OS(=O)(=O)O. The number of carbonyl (C=O) groups is 6. The van der Waals surface area contributed by atoms with Gasteiger partial charge < -0.3 is 55.0 Å². The van der Waals surface area contributed by atoms with E-state index >= 15 is 0 Å². The molecule has 1 aromatic rings. The zero-order chi connectivity index (χ0) is 92.0. The summed E-state index contributed by atoms with van der Waals surface area (Å²) in [5.74, 6) is -10.7. The predicted molar refractivity (Wildman–Crippen MR) is 359 cm³/mol. The highest BCUT2D eigenvalue weighted by Gasteiger charge is 2.62. The summed E-state index contributed by atoms with van der Waals surface area (Å²) in [4.78, 5) is 83.9. The number of benzene rings is 1. The molecule has 4 saturated heterocycles. The van der Waals surface area contributed by atoms with E-state index in [-0.39, 0.29) is 5.56 Å². The van der Waals surface area contributed by atoms with Gasteiger partial charge in [0.05, 0.1) is 7.11 Å². The number of ether oxygens (including phenoxy) is 6. The Morgan fingerprint density at radius 2 is 0.533 bits per heavy atom. The van der Waals surface area contributed by atoms with Crippen LogP contribution >= 0.6 is 0 Å². The number of rotatable bonds is 40. The van der Waals surface area contributed by atoms with Gasteiger partial charge in [0.2, 0.25) is 0 Å². The molecule has 77 heteroatoms. The van der Waals surface area contributed by atoms with Gasteiger partial charge in [0.25, 0.3) is 23.6 Å². The van der Waals surface area contributed by atoms with Gasteiger partial charge in [0, 0.05) is 32.6 Å². The maximum Gasteiger partial charge on any atom is 0.407 e. The third kappa shape index (κ3) is 35.6. The third-order valence-electron chi connectivity index (χ3n) is 14.7. The van der Waals surface area contributed by atoms with E-state index < -0.39 is 327 Å². The average molecular weight is 2000 g/mol. The van der Waals surface area contributed by atoms with E-state index in [1.54, 1.807) is 0 Å². The highest BCUT2D eigenvalue weighted by Crippen LogP contribution is 2.37. The predicted octanol–water partition coefficient (Wildman–Crippen LogP) is -11.9. The smallest absolute Gasteiger partial charge is 0.407 e. The minimum Gasteiger partial charge on any atom is -0.467 e. The molecule has 4 aliphatic rings. The summed E-state index contributed by atoms with van der Waals surface area (Å²) in [6.45, 7) is -3.95. The van der Waals surface area contributed by atoms with Gasteiger partial charge in [-0.1, -0.05) is 30.3 Å². The van der Waals surface area contributed by atoms with Crippen LogP contribution in [-0.4, -0.2) is 358 Å². The van der Waals surface area contributed by atoms with E-state index in [0.717, 1.165) is 7.11 Å². The fourth-order valence-corrected chi connectivity index (χ4v) is 17.0. The molecule has 1 aromatic carbocycles. The van der Waals surface area contributed by atoms with E-state index in [2.05, 4.69) is 54.9 Å². The van der Waals surface area contributed by atoms with Crippen molar-refractivity contribution < 1.29 is 263 Å². The molecule has 4 fully saturated rings. The van der Waals surface area contributed by atoms with Crippen molar-refractivity contribution in [2.45, 2.75) is 161 Å². The Kier molecular flexibility index (Phi) is 34.7. The van der Waals surface area contributed by atoms with Crippen LogP contribution in [0, 0.1) is 0 Å². The summed E-state index contributed by atoms with van der Waals surface area (Å²) in [6, 6.07) is 4.78. The van der Waals surface area contributed by atoms with Crippen molar-refractivity contribution in [1.82, 2.24) is 26.6 Å². The molecule has 0 bridgehead atoms. The maximum absolute atomic E-state index is 14.7. The van der Waals surface area contributed by atoms with Crippen LogP contribution in [0.2, 0.25) is 0 Å². The molecule has 17 N–H and O–H groups in total. The third-order valence-corrected chi connectivity index (χ3v) is 20.3. The van der Waals surface area contributed by atoms with Crippen molar-refractivity contribution in [3.8, 4) is 0 Å². The lowest BCUT2D eigenvalue weighted by Crippen LogP contribution is -2.69. The van der Waals surface area contributed by atoms with Gasteiger partial charge in [-0.25, -0.2) is 59.8 Å². The normalized spacial score (nSPS) is 28.9. The summed E-state index contributed by atoms with van der Waals surface area (Å²) in [6.07, 6.45) is -70.0. The van der Waals surface area contributed by atoms with Gasteiger partial charge >= 0.3 is 137 Å². The van der Waals surface area contributed by atoms with Crippen LogP contribution in [0.1, 0.15) is 26.3 Å². The minimum absolute atomic E-state index is 0.147. The molecular weight excluding hydrogens is 1930 g/mol. The van der Waals surface area contributed by atoms with Crippen LogP contribution in [0.4, 0.5) is 4.79 Å². The topological polar surface area (TPSA) is 981 Å². The van der Waals surface area contributed by atoms with Crippen molar-refractivity contribution in [1.29, 1.82) is 0 Å². The number of hydrogen-bond acceptors (Lipinski definition) is 48. The number of alkyl carbamates (subject to hydrolysis) is 1. The van der Waals surface area contributed by atoms with E-state index in [9.17, 15) is 184 Å². The molecule has 0 aromatic heterocycles. The van der Waals surface area contributed by atoms with Crippen LogP contribution in [-0.2, 0) is 234 Å². The van der Waals surface area contributed by atoms with E-state index in [4.69, 9.17) is 23.7 Å². The fourth-order valence-electron chi connectivity index (χ4n) is 11.0. The Bertz CT molecular complexity index is 5370. The van der Waals surface area contributed by atoms with Crippen LogP contribution < -0.4 is 26.6 Å². The molecule has 120 heavy (non-hydrogen) atoms. The molecule has 0 radical (unpaired) electrons. The van der Waals surface area contributed by atoms with Crippen LogP contribution in [0.3, 0.4) is 0 Å². The molecule has 5 amide bonds. The summed E-state index contributed by atoms with van der Waals surface area (Å²) in [5, 5.41) is 8.18. The lowest BCUT2D eigenvalue weighted by Gasteiger charge is -2.45. The standard InChI is InChI=1S/C43H65N5O60S12/c1-43(2,3)96-42(54)47-14-20-24(100-112(64,65)66)27(103-115(73,74)75)31(107-119(85,86)87)35(94-20)39(51)45-12-18-22(98-110(58,59)60)25(101-113(67,68)69)29(105-117(79,80)81)33(92-18)37(49)44-11-17-21(97-109(55,56)57)26(102-114(70,71)72)30(106-118(82,83)84)34(93-17)38(50)46-13-19-23(99-111(61,62)63)28(104-116(76,77)78)32(108-120(88,89)90)36(95-19)40(52)48-16(41(53)91-4)10-15-8-6-5-7-9-15/h5-9,16-36H,10-14H2,1-4H3,(H,44,49)(H,45,51)(H,46,50)(H,47,54)(H,48,52)(H,55,56,57)(H,58,59,60)(H,61,62,63)(H,64,65,66)(H,67,68,69)(H,70,71,72)(H,73,74,75)(H,76,77,78)(H,79,80,81)(H,82,83,84)(H,85,86,87)(H,88,89,90)/t16?,17-,18-,19-,20-,21-,22-,23-,24-,25+,26+,27+,28+,29-,30-,31-,32-,33-,34-,35-,36-/m1/s1. The first kappa shape index (κ1) is 105. The number of esters is 1. The lowest BCUT2D eigenvalue weighted by atomic mass is 9.92. The maximum atomic E-state index is 14.7. The van der Waals surface area contributed by atoms with Crippen molar-refractivity contribution in [3.05, 3.63) is 35.9 Å². The van der Waals surface area contributed by atoms with E-state index in [1.165, 1.54) is 67.1 Å². The van der Waals surface area contributed by atoms with Crippen LogP contribution in [0.15, 0.2) is 30.3 Å². The first-order valence-electron chi connectivity index (χ1n) is 30.7. The zero-order valence-corrected chi connectivity index (χ0v) is 68.7. The molecule has 65 nitrogen and oxygen atoms in total. The molecule has 5 rings (SSSR count). The monoisotopic (exact) mass is 1990 g/mol. The van der Waals surface area contributed by atoms with Gasteiger partial charge in [0.1, 0.15) is 109 Å². The van der Waals surface area contributed by atoms with Crippen molar-refractivity contribution in [2.24, 2.45) is 0 Å². The quantitative estimate of drug-likeness (QED) is 0.0214. The van der Waals surface area contributed by atoms with Gasteiger partial charge in [-0.2, -0.15) is 101 Å². The van der Waals surface area contributed by atoms with Gasteiger partial charge in [0.15, 0.2) is 24.4 Å². The second kappa shape index (κ2) is 39.8. The Balaban J connectivity index is 1.71. The molecule has 694 valence electrons. The summed E-state index contributed by atoms with van der Waals surface area (Å²) >= 11 is 0. The molecular formula is C43H65N5O60S12. The van der Waals surface area contributed by atoms with Gasteiger partial charge in [-0.05, 0) is 26.3 Å². The van der Waals surface area contributed by atoms with E-state index in [1.807, 2.05) is 10.6 Å². The lowest BCUT2D eigenvalue weighted by molar-refractivity contribution is -0.211. The van der Waals surface area contributed by atoms with Gasteiger partial charge in [-0.3, -0.25) is 73.8 Å². The molecule has 0 spiro atoms. The largest absolute Gasteiger partial charge is 0.467 e. The second-order valence-corrected chi connectivity index (χ2v) is 37.2. The Morgan fingerprint density at radius 1 is 0.325 bits per heavy atom. The van der Waals surface area contributed by atoms with E-state index in [0.29, 0.717) is 0 Å². The number of amides is 5. The number of nitrogens with one attached hydrogen (secondary N) is 5. The minimum atomic E-state index is -6.58. The Morgan fingerprint density at radius 3 is 0.750 bits per heavy atom. The van der Waals surface area contributed by atoms with Gasteiger partial charge in [-0.15, -0.1) is 0 Å². The first-order valence-corrected chi connectivity index (χ1v) is 47.1. The Hall–Kier alpha value is -5.88. The molecule has 21 atom stereocenters. The summed E-state index contributed by atoms with van der Waals surface area (Å²) in [7, 11) is -76.2. The van der Waals surface area contributed by atoms with Crippen molar-refractivity contribution in [2.75, 3.05) is 33.3 Å². The Labute approximate surface area is 676 Å². The molecule has 4 aliphatic heterocycles. The van der Waals surface area contributed by atoms with Crippen molar-refractivity contribution in [3.63, 3.8) is 0 Å². The second-order valence-electron chi connectivity index (χ2n) is 24.6. The molecule has 1 unspecified atom stereocenters. The first-order chi connectivity index (χ1) is 54.0. The highest BCUT2D eigenvalue weighted by molar-refractivity contribution is 7.83. The number of hydrogen-bond donors (Lipinski definition) is 17. The number of carbonyl (C=O) groups excluding carboxylic acids is 6. The number of methoxy groups -OCH3 is 1. The summed E-state index contributed by atoms with van der Waals surface area (Å²) in [5.41, 5.74) is -1.30. The summed E-state index contributed by atoms with van der Waals surface area (Å²) < 4.78 is 500. The fraction of sp³-hybridized carbons (Fsp3) is 0.721. The highest BCUT2D eigenvalue weighted by atomic mass is 32.3. The molecule has 0 saturated carbocycles. The molecule has 0 aliphatic carbocycles. The van der Waals surface area contributed by atoms with Crippen molar-refractivity contribution >= 4 is 160 Å². The molecule has 4 heterocycles. The average Bonchev–Trinajstić information content (AvgIpc) is 0.773.